The van der Waals surface area contributed by atoms with Crippen LogP contribution in [0.5, 0.6) is 5.75 Å². The van der Waals surface area contributed by atoms with E-state index in [0.29, 0.717) is 5.56 Å². The number of aromatic nitrogens is 2. The minimum Gasteiger partial charge on any atom is -0.497 e. The highest BCUT2D eigenvalue weighted by Crippen LogP contribution is 2.25. The van der Waals surface area contributed by atoms with Crippen molar-refractivity contribution >= 4 is 16.7 Å². The van der Waals surface area contributed by atoms with Crippen LogP contribution in [0.1, 0.15) is 11.1 Å². The highest BCUT2D eigenvalue weighted by Gasteiger charge is 2.20. The smallest absolute Gasteiger partial charge is 0.205 e. The Morgan fingerprint density at radius 2 is 1.76 bits per heavy atom. The highest BCUT2D eigenvalue weighted by atomic mass is 32.1. The quantitative estimate of drug-likeness (QED) is 0.626. The van der Waals surface area contributed by atoms with Crippen molar-refractivity contribution in [1.29, 1.82) is 5.26 Å². The van der Waals surface area contributed by atoms with Gasteiger partial charge < -0.3 is 9.64 Å². The number of hydrogen-bond acceptors (Lipinski definition) is 7. The van der Waals surface area contributed by atoms with Gasteiger partial charge in [-0.1, -0.05) is 12.1 Å². The van der Waals surface area contributed by atoms with E-state index in [9.17, 15) is 0 Å². The third kappa shape index (κ3) is 4.73. The van der Waals surface area contributed by atoms with Gasteiger partial charge in [-0.15, -0.1) is 0 Å². The molecule has 148 valence electrons. The molecule has 0 amide bonds. The van der Waals surface area contributed by atoms with E-state index in [4.69, 9.17) is 15.0 Å². The molecule has 1 aliphatic rings. The van der Waals surface area contributed by atoms with Crippen LogP contribution in [0.4, 0.5) is 5.13 Å². The monoisotopic (exact) mass is 405 g/mol. The molecule has 0 atom stereocenters. The second-order valence-electron chi connectivity index (χ2n) is 7.02. The van der Waals surface area contributed by atoms with Gasteiger partial charge in [0.15, 0.2) is 5.82 Å². The van der Waals surface area contributed by atoms with Crippen LogP contribution in [0.2, 0.25) is 0 Å². The molecule has 1 aliphatic heterocycles. The molecule has 0 aliphatic carbocycles. The van der Waals surface area contributed by atoms with Crippen molar-refractivity contribution in [2.24, 2.45) is 0 Å². The molecule has 0 bridgehead atoms. The average molecular weight is 406 g/mol. The molecule has 1 aromatic heterocycles. The Hall–Kier alpha value is -2.95. The molecular weight excluding hydrogens is 382 g/mol. The summed E-state index contributed by atoms with van der Waals surface area (Å²) in [6, 6.07) is 17.9. The van der Waals surface area contributed by atoms with Crippen molar-refractivity contribution in [3.8, 4) is 23.2 Å². The number of methoxy groups -OCH3 is 1. The van der Waals surface area contributed by atoms with Crippen molar-refractivity contribution < 1.29 is 4.74 Å². The van der Waals surface area contributed by atoms with Crippen LogP contribution in [-0.4, -0.2) is 54.1 Å². The maximum absolute atomic E-state index is 8.92. The van der Waals surface area contributed by atoms with Crippen LogP contribution in [0.3, 0.4) is 0 Å². The summed E-state index contributed by atoms with van der Waals surface area (Å²) in [4.78, 5) is 9.53. The van der Waals surface area contributed by atoms with Crippen LogP contribution in [0.15, 0.2) is 48.5 Å². The van der Waals surface area contributed by atoms with Crippen molar-refractivity contribution in [2.45, 2.75) is 6.42 Å². The van der Waals surface area contributed by atoms with Gasteiger partial charge in [0.05, 0.1) is 18.7 Å². The third-order valence-electron chi connectivity index (χ3n) is 5.21. The minimum atomic E-state index is 0.648. The van der Waals surface area contributed by atoms with E-state index in [-0.39, 0.29) is 0 Å². The van der Waals surface area contributed by atoms with Crippen molar-refractivity contribution in [3.05, 3.63) is 59.7 Å². The maximum Gasteiger partial charge on any atom is 0.205 e. The van der Waals surface area contributed by atoms with Gasteiger partial charge in [-0.25, -0.2) is 0 Å². The van der Waals surface area contributed by atoms with Crippen LogP contribution in [0.25, 0.3) is 11.4 Å². The van der Waals surface area contributed by atoms with Gasteiger partial charge in [-0.2, -0.15) is 14.6 Å². The summed E-state index contributed by atoms with van der Waals surface area (Å²) in [5.74, 6) is 1.64. The summed E-state index contributed by atoms with van der Waals surface area (Å²) in [5.41, 5.74) is 2.93. The predicted octanol–water partition coefficient (Wildman–Crippen LogP) is 3.45. The van der Waals surface area contributed by atoms with E-state index >= 15 is 0 Å². The Balaban J connectivity index is 1.29. The molecule has 2 heterocycles. The fraction of sp³-hybridized carbons (Fsp3) is 0.318. The lowest BCUT2D eigenvalue weighted by Gasteiger charge is -2.34. The minimum absolute atomic E-state index is 0.648. The molecule has 0 N–H and O–H groups in total. The van der Waals surface area contributed by atoms with Crippen LogP contribution in [0, 0.1) is 11.3 Å². The molecule has 4 rings (SSSR count). The number of benzene rings is 2. The summed E-state index contributed by atoms with van der Waals surface area (Å²) in [5, 5.41) is 9.90. The van der Waals surface area contributed by atoms with E-state index < -0.39 is 0 Å². The van der Waals surface area contributed by atoms with Crippen LogP contribution < -0.4 is 9.64 Å². The Kier molecular flexibility index (Phi) is 6.03. The lowest BCUT2D eigenvalue weighted by molar-refractivity contribution is 0.261. The topological polar surface area (TPSA) is 65.3 Å². The van der Waals surface area contributed by atoms with Crippen molar-refractivity contribution in [1.82, 2.24) is 14.3 Å². The molecule has 3 aromatic rings. The van der Waals surface area contributed by atoms with Crippen LogP contribution in [-0.2, 0) is 6.42 Å². The van der Waals surface area contributed by atoms with Crippen LogP contribution >= 0.6 is 11.5 Å². The lowest BCUT2D eigenvalue weighted by atomic mass is 10.1. The first-order chi connectivity index (χ1) is 14.2. The summed E-state index contributed by atoms with van der Waals surface area (Å²) in [6.45, 7) is 5.05. The molecule has 1 saturated heterocycles. The largest absolute Gasteiger partial charge is 0.497 e. The van der Waals surface area contributed by atoms with Gasteiger partial charge >= 0.3 is 0 Å². The molecule has 29 heavy (non-hydrogen) atoms. The Morgan fingerprint density at radius 3 is 2.41 bits per heavy atom. The van der Waals surface area contributed by atoms with E-state index in [1.54, 1.807) is 19.2 Å². The first-order valence-corrected chi connectivity index (χ1v) is 10.5. The first-order valence-electron chi connectivity index (χ1n) is 9.69. The normalized spacial score (nSPS) is 14.6. The molecule has 0 saturated carbocycles. The Bertz CT molecular complexity index is 970. The number of anilines is 1. The zero-order valence-electron chi connectivity index (χ0n) is 16.4. The fourth-order valence-electron chi connectivity index (χ4n) is 3.40. The van der Waals surface area contributed by atoms with E-state index in [1.807, 2.05) is 24.3 Å². The van der Waals surface area contributed by atoms with Gasteiger partial charge in [0.1, 0.15) is 5.75 Å². The highest BCUT2D eigenvalue weighted by molar-refractivity contribution is 7.09. The molecule has 0 radical (unpaired) electrons. The summed E-state index contributed by atoms with van der Waals surface area (Å²) in [6.07, 6.45) is 1.05. The van der Waals surface area contributed by atoms with Gasteiger partial charge in [-0.05, 0) is 48.4 Å². The van der Waals surface area contributed by atoms with Gasteiger partial charge in [-0.3, -0.25) is 4.90 Å². The fourth-order valence-corrected chi connectivity index (χ4v) is 4.14. The number of ether oxygens (including phenoxy) is 1. The molecular formula is C22H23N5OS. The zero-order chi connectivity index (χ0) is 20.1. The SMILES string of the molecule is COc1ccc(CCN2CCN(c3nc(-c4ccc(C#N)cc4)ns3)CC2)cc1. The Morgan fingerprint density at radius 1 is 1.03 bits per heavy atom. The van der Waals surface area contributed by atoms with E-state index in [1.165, 1.54) is 17.1 Å². The third-order valence-corrected chi connectivity index (χ3v) is 5.98. The summed E-state index contributed by atoms with van der Waals surface area (Å²) in [7, 11) is 1.69. The number of piperazine rings is 1. The molecule has 2 aromatic carbocycles. The van der Waals surface area contributed by atoms with E-state index in [0.717, 1.165) is 61.4 Å². The van der Waals surface area contributed by atoms with E-state index in [2.05, 4.69) is 32.4 Å². The predicted molar refractivity (Wildman–Crippen MR) is 115 cm³/mol. The summed E-state index contributed by atoms with van der Waals surface area (Å²) >= 11 is 1.45. The van der Waals surface area contributed by atoms with Gasteiger partial charge in [0, 0.05) is 49.8 Å². The molecule has 1 fully saturated rings. The molecule has 6 nitrogen and oxygen atoms in total. The molecule has 0 spiro atoms. The molecule has 0 unspecified atom stereocenters. The average Bonchev–Trinajstić information content (AvgIpc) is 3.29. The number of nitrogens with zero attached hydrogens (tertiary/aromatic N) is 5. The Labute approximate surface area is 175 Å². The second-order valence-corrected chi connectivity index (χ2v) is 7.75. The molecule has 7 heteroatoms. The zero-order valence-corrected chi connectivity index (χ0v) is 17.2. The number of nitriles is 1. The lowest BCUT2D eigenvalue weighted by Crippen LogP contribution is -2.47. The van der Waals surface area contributed by atoms with Crippen molar-refractivity contribution in [2.75, 3.05) is 44.7 Å². The second kappa shape index (κ2) is 9.03. The number of hydrogen-bond donors (Lipinski definition) is 0. The van der Waals surface area contributed by atoms with Gasteiger partial charge in [0.2, 0.25) is 5.13 Å². The standard InChI is InChI=1S/C22H23N5OS/c1-28-20-8-4-17(5-9-20)10-11-26-12-14-27(15-13-26)22-24-21(25-29-22)19-6-2-18(16-23)3-7-19/h2-9H,10-15H2,1H3. The van der Waals surface area contributed by atoms with Crippen molar-refractivity contribution in [3.63, 3.8) is 0 Å². The number of rotatable bonds is 6. The first kappa shape index (κ1) is 19.4. The van der Waals surface area contributed by atoms with Gasteiger partial charge in [0.25, 0.3) is 0 Å². The maximum atomic E-state index is 8.92. The summed E-state index contributed by atoms with van der Waals surface area (Å²) < 4.78 is 9.73.